The summed E-state index contributed by atoms with van der Waals surface area (Å²) in [5.74, 6) is 1.17. The molecule has 1 N–H and O–H groups in total. The first-order valence-electron chi connectivity index (χ1n) is 7.31. The van der Waals surface area contributed by atoms with Crippen LogP contribution in [0.15, 0.2) is 42.5 Å². The van der Waals surface area contributed by atoms with Crippen molar-refractivity contribution in [1.29, 1.82) is 0 Å². The maximum absolute atomic E-state index is 11.6. The van der Waals surface area contributed by atoms with E-state index in [9.17, 15) is 4.79 Å². The van der Waals surface area contributed by atoms with Crippen LogP contribution in [0.3, 0.4) is 0 Å². The molecule has 0 aromatic heterocycles. The van der Waals surface area contributed by atoms with Crippen molar-refractivity contribution in [2.45, 2.75) is 0 Å². The summed E-state index contributed by atoms with van der Waals surface area (Å²) in [6, 6.07) is 6.67. The zero-order valence-corrected chi connectivity index (χ0v) is 14.1. The third-order valence-electron chi connectivity index (χ3n) is 3.02. The molecule has 0 bridgehead atoms. The Morgan fingerprint density at radius 2 is 1.25 bits per heavy atom. The fourth-order valence-corrected chi connectivity index (χ4v) is 1.82. The molecule has 0 aliphatic heterocycles. The molecule has 2 saturated carbocycles. The van der Waals surface area contributed by atoms with E-state index in [0.29, 0.717) is 0 Å². The van der Waals surface area contributed by atoms with Gasteiger partial charge in [-0.05, 0) is 87.6 Å². The molecule has 1 aromatic rings. The summed E-state index contributed by atoms with van der Waals surface area (Å²) in [4.78, 5) is 11.6. The number of aromatic hydroxyl groups is 1. The molecule has 10 radical (unpaired) electrons. The van der Waals surface area contributed by atoms with Crippen molar-refractivity contribution in [2.24, 2.45) is 0 Å². The van der Waals surface area contributed by atoms with Gasteiger partial charge in [0.25, 0.3) is 0 Å². The van der Waals surface area contributed by atoms with Crippen molar-refractivity contribution in [3.05, 3.63) is 112 Å². The third kappa shape index (κ3) is 8.52. The molecule has 2 aliphatic rings. The van der Waals surface area contributed by atoms with Crippen LogP contribution < -0.4 is 0 Å². The van der Waals surface area contributed by atoms with Gasteiger partial charge in [-0.2, -0.15) is 0 Å². The van der Waals surface area contributed by atoms with Gasteiger partial charge in [0.15, 0.2) is 5.78 Å². The topological polar surface area (TPSA) is 37.3 Å². The van der Waals surface area contributed by atoms with Gasteiger partial charge in [0.1, 0.15) is 5.75 Å². The van der Waals surface area contributed by atoms with Crippen molar-refractivity contribution >= 4 is 11.9 Å². The maximum Gasteiger partial charge on any atom is 2.00 e. The van der Waals surface area contributed by atoms with Crippen LogP contribution in [0.4, 0.5) is 0 Å². The summed E-state index contributed by atoms with van der Waals surface area (Å²) in [5, 5.41) is 9.12. The molecule has 120 valence electrons. The van der Waals surface area contributed by atoms with Gasteiger partial charge in [0.05, 0.1) is 0 Å². The van der Waals surface area contributed by atoms with Crippen molar-refractivity contribution in [3.63, 3.8) is 0 Å². The predicted octanol–water partition coefficient (Wildman–Crippen LogP) is 3.95. The number of carbonyl (C=O) groups is 1. The Balaban J connectivity index is 0.000000412. The van der Waals surface area contributed by atoms with Crippen LogP contribution in [-0.4, -0.2) is 10.9 Å². The second-order valence-electron chi connectivity index (χ2n) is 4.84. The van der Waals surface area contributed by atoms with Crippen LogP contribution in [0.1, 0.15) is 5.56 Å². The first-order valence-corrected chi connectivity index (χ1v) is 7.31. The molecular weight excluding hydrogens is 340 g/mol. The van der Waals surface area contributed by atoms with E-state index in [1.165, 1.54) is 12.2 Å². The molecule has 2 fully saturated rings. The fraction of sp³-hybridized carbons (Fsp3) is 0. The smallest absolute Gasteiger partial charge is 0.508 e. The van der Waals surface area contributed by atoms with Crippen LogP contribution in [0.25, 0.3) is 6.08 Å². The Hall–Kier alpha value is -1.31. The molecule has 3 heteroatoms. The molecule has 2 nitrogen and oxygen atoms in total. The zero-order chi connectivity index (χ0) is 16.3. The average Bonchev–Trinajstić information content (AvgIpc) is 3.28. The SMILES string of the molecule is O=C(/C=C/[C]1[CH][CH][CH][CH]1)/C=C/c1ccc(O)cc1.[CH]1[CH][CH][CH][CH]1.[Fe+2]. The van der Waals surface area contributed by atoms with E-state index in [4.69, 9.17) is 5.11 Å². The Labute approximate surface area is 156 Å². The second kappa shape index (κ2) is 12.1. The minimum absolute atomic E-state index is 0. The number of carbonyl (C=O) groups excluding carboxylic acids is 1. The molecule has 0 saturated heterocycles. The number of ketones is 1. The van der Waals surface area contributed by atoms with E-state index >= 15 is 0 Å². The van der Waals surface area contributed by atoms with Gasteiger partial charge >= 0.3 is 17.1 Å². The van der Waals surface area contributed by atoms with E-state index in [1.807, 2.05) is 57.8 Å². The van der Waals surface area contributed by atoms with E-state index in [-0.39, 0.29) is 28.6 Å². The van der Waals surface area contributed by atoms with Gasteiger partial charge < -0.3 is 5.11 Å². The Bertz CT molecular complexity index is 514. The van der Waals surface area contributed by atoms with E-state index in [0.717, 1.165) is 11.5 Å². The van der Waals surface area contributed by atoms with Crippen LogP contribution in [0.2, 0.25) is 0 Å². The number of allylic oxidation sites excluding steroid dienone is 3. The third-order valence-corrected chi connectivity index (χ3v) is 3.02. The number of hydrogen-bond donors (Lipinski definition) is 1. The quantitative estimate of drug-likeness (QED) is 0.654. The number of phenolic OH excluding ortho intramolecular Hbond substituents is 1. The molecule has 24 heavy (non-hydrogen) atoms. The number of phenols is 1. The predicted molar refractivity (Wildman–Crippen MR) is 93.2 cm³/mol. The van der Waals surface area contributed by atoms with Crippen LogP contribution in [-0.2, 0) is 21.9 Å². The van der Waals surface area contributed by atoms with Gasteiger partial charge in [0, 0.05) is 5.92 Å². The van der Waals surface area contributed by atoms with E-state index in [2.05, 4.69) is 0 Å². The van der Waals surface area contributed by atoms with Gasteiger partial charge in [-0.1, -0.05) is 24.3 Å². The standard InChI is InChI=1S/C16H13O2.C5H5.Fe/c17-15(9-5-13-3-1-2-4-13)10-6-14-7-11-16(18)12-8-14;1-2-4-5-3-1;/h1-12,18H;1-5H;/q;;+2/b9-5+,10-6+;;. The molecular formula is C21H18FeO2+2. The first kappa shape index (κ1) is 20.7. The molecule has 0 heterocycles. The normalized spacial score (nSPS) is 17.7. The molecule has 0 amide bonds. The van der Waals surface area contributed by atoms with Crippen molar-refractivity contribution in [3.8, 4) is 5.75 Å². The van der Waals surface area contributed by atoms with Crippen LogP contribution >= 0.6 is 0 Å². The summed E-state index contributed by atoms with van der Waals surface area (Å²) < 4.78 is 0. The first-order chi connectivity index (χ1) is 11.2. The number of rotatable bonds is 4. The zero-order valence-electron chi connectivity index (χ0n) is 13.0. The van der Waals surface area contributed by atoms with E-state index < -0.39 is 0 Å². The Morgan fingerprint density at radius 1 is 0.750 bits per heavy atom. The molecule has 0 unspecified atom stereocenters. The average molecular weight is 358 g/mol. The summed E-state index contributed by atoms with van der Waals surface area (Å²) in [7, 11) is 0. The van der Waals surface area contributed by atoms with Crippen molar-refractivity contribution in [2.75, 3.05) is 0 Å². The van der Waals surface area contributed by atoms with Crippen molar-refractivity contribution in [1.82, 2.24) is 0 Å². The summed E-state index contributed by atoms with van der Waals surface area (Å²) >= 11 is 0. The van der Waals surface area contributed by atoms with Gasteiger partial charge in [-0.15, -0.1) is 0 Å². The number of hydrogen-bond acceptors (Lipinski definition) is 2. The summed E-state index contributed by atoms with van der Waals surface area (Å²) in [5.41, 5.74) is 0.878. The Morgan fingerprint density at radius 3 is 1.79 bits per heavy atom. The minimum atomic E-state index is -0.0655. The van der Waals surface area contributed by atoms with Crippen LogP contribution in [0, 0.1) is 63.7 Å². The minimum Gasteiger partial charge on any atom is -0.508 e. The van der Waals surface area contributed by atoms with Gasteiger partial charge in [-0.3, -0.25) is 4.79 Å². The van der Waals surface area contributed by atoms with E-state index in [1.54, 1.807) is 36.4 Å². The molecule has 3 rings (SSSR count). The monoisotopic (exact) mass is 358 g/mol. The number of benzene rings is 1. The largest absolute Gasteiger partial charge is 2.00 e. The molecule has 1 aromatic carbocycles. The maximum atomic E-state index is 11.6. The van der Waals surface area contributed by atoms with Gasteiger partial charge in [0.2, 0.25) is 0 Å². The molecule has 0 atom stereocenters. The summed E-state index contributed by atoms with van der Waals surface area (Å²) in [6.45, 7) is 0. The summed E-state index contributed by atoms with van der Waals surface area (Å²) in [6.07, 6.45) is 24.3. The molecule has 2 aliphatic carbocycles. The van der Waals surface area contributed by atoms with Crippen LogP contribution in [0.5, 0.6) is 5.75 Å². The van der Waals surface area contributed by atoms with Gasteiger partial charge in [-0.25, -0.2) is 0 Å². The van der Waals surface area contributed by atoms with Crippen molar-refractivity contribution < 1.29 is 27.0 Å². The Kier molecular flexibility index (Phi) is 10.5. The second-order valence-corrected chi connectivity index (χ2v) is 4.84. The molecule has 0 spiro atoms. The fourth-order valence-electron chi connectivity index (χ4n) is 1.82.